The standard InChI is InChI=1S/C22H29NO4S/c1-4-5-6-22(28(23,24)25)19(15-17-7-11-20(26-2)12-8-17)16-18-9-13-21(27-3)14-10-18/h4,7-14,19,22H,1,5-6,15-16H2,2-3H3,(H2,23,24,25). The summed E-state index contributed by atoms with van der Waals surface area (Å²) >= 11 is 0. The van der Waals surface area contributed by atoms with Gasteiger partial charge in [0.15, 0.2) is 0 Å². The van der Waals surface area contributed by atoms with Crippen LogP contribution < -0.4 is 14.6 Å². The van der Waals surface area contributed by atoms with Gasteiger partial charge < -0.3 is 9.47 Å². The molecular weight excluding hydrogens is 374 g/mol. The molecular formula is C22H29NO4S. The van der Waals surface area contributed by atoms with E-state index in [9.17, 15) is 8.42 Å². The number of rotatable bonds is 11. The molecule has 0 fully saturated rings. The van der Waals surface area contributed by atoms with Gasteiger partial charge >= 0.3 is 0 Å². The molecule has 1 unspecified atom stereocenters. The Balaban J connectivity index is 2.31. The van der Waals surface area contributed by atoms with Gasteiger partial charge in [0, 0.05) is 0 Å². The van der Waals surface area contributed by atoms with Crippen molar-refractivity contribution in [3.05, 3.63) is 72.3 Å². The van der Waals surface area contributed by atoms with Gasteiger partial charge in [-0.1, -0.05) is 30.3 Å². The van der Waals surface area contributed by atoms with Gasteiger partial charge in [0.05, 0.1) is 19.5 Å². The van der Waals surface area contributed by atoms with E-state index in [1.165, 1.54) is 0 Å². The van der Waals surface area contributed by atoms with Crippen LogP contribution in [0.5, 0.6) is 11.5 Å². The largest absolute Gasteiger partial charge is 0.497 e. The van der Waals surface area contributed by atoms with Crippen molar-refractivity contribution < 1.29 is 17.9 Å². The number of primary sulfonamides is 1. The predicted molar refractivity (Wildman–Crippen MR) is 113 cm³/mol. The molecule has 2 aromatic rings. The van der Waals surface area contributed by atoms with Crippen molar-refractivity contribution in [3.63, 3.8) is 0 Å². The van der Waals surface area contributed by atoms with Crippen molar-refractivity contribution >= 4 is 10.0 Å². The smallest absolute Gasteiger partial charge is 0.212 e. The predicted octanol–water partition coefficient (Wildman–Crippen LogP) is 3.73. The van der Waals surface area contributed by atoms with Crippen molar-refractivity contribution in [2.75, 3.05) is 14.2 Å². The van der Waals surface area contributed by atoms with E-state index in [1.807, 2.05) is 48.5 Å². The molecule has 0 aliphatic rings. The quantitative estimate of drug-likeness (QED) is 0.580. The highest BCUT2D eigenvalue weighted by Gasteiger charge is 2.30. The molecule has 28 heavy (non-hydrogen) atoms. The molecule has 0 spiro atoms. The molecule has 0 aromatic heterocycles. The van der Waals surface area contributed by atoms with Crippen molar-refractivity contribution in [1.82, 2.24) is 0 Å². The molecule has 2 N–H and O–H groups in total. The van der Waals surface area contributed by atoms with Crippen LogP contribution in [0.2, 0.25) is 0 Å². The van der Waals surface area contributed by atoms with E-state index in [4.69, 9.17) is 14.6 Å². The molecule has 0 aliphatic carbocycles. The van der Waals surface area contributed by atoms with Gasteiger partial charge in [0.2, 0.25) is 10.0 Å². The summed E-state index contributed by atoms with van der Waals surface area (Å²) in [5.74, 6) is 1.38. The summed E-state index contributed by atoms with van der Waals surface area (Å²) < 4.78 is 35.1. The Labute approximate surface area is 168 Å². The van der Waals surface area contributed by atoms with Gasteiger partial charge in [-0.05, 0) is 67.0 Å². The molecule has 5 nitrogen and oxygen atoms in total. The summed E-state index contributed by atoms with van der Waals surface area (Å²) in [5, 5.41) is 4.97. The number of hydrogen-bond acceptors (Lipinski definition) is 4. The Morgan fingerprint density at radius 3 is 1.68 bits per heavy atom. The van der Waals surface area contributed by atoms with E-state index in [0.29, 0.717) is 25.7 Å². The first kappa shape index (κ1) is 22.0. The number of hydrogen-bond donors (Lipinski definition) is 1. The Morgan fingerprint density at radius 2 is 1.36 bits per heavy atom. The zero-order chi connectivity index (χ0) is 20.6. The van der Waals surface area contributed by atoms with Crippen LogP contribution in [0.15, 0.2) is 61.2 Å². The maximum atomic E-state index is 12.4. The van der Waals surface area contributed by atoms with Crippen molar-refractivity contribution in [2.45, 2.75) is 30.9 Å². The van der Waals surface area contributed by atoms with Gasteiger partial charge in [-0.25, -0.2) is 13.6 Å². The van der Waals surface area contributed by atoms with E-state index >= 15 is 0 Å². The number of ether oxygens (including phenoxy) is 2. The van der Waals surface area contributed by atoms with E-state index in [-0.39, 0.29) is 5.92 Å². The third kappa shape index (κ3) is 6.39. The summed E-state index contributed by atoms with van der Waals surface area (Å²) in [6.45, 7) is 3.72. The molecule has 0 amide bonds. The fraction of sp³-hybridized carbons (Fsp3) is 0.364. The molecule has 0 heterocycles. The van der Waals surface area contributed by atoms with Crippen LogP contribution in [-0.4, -0.2) is 27.9 Å². The van der Waals surface area contributed by atoms with Crippen LogP contribution in [0.25, 0.3) is 0 Å². The average molecular weight is 404 g/mol. The Hall–Kier alpha value is -2.31. The second-order valence-corrected chi connectivity index (χ2v) is 8.64. The number of nitrogens with two attached hydrogens (primary N) is 1. The van der Waals surface area contributed by atoms with Gasteiger partial charge in [0.1, 0.15) is 11.5 Å². The van der Waals surface area contributed by atoms with E-state index in [2.05, 4.69) is 6.58 Å². The van der Waals surface area contributed by atoms with Crippen LogP contribution in [-0.2, 0) is 22.9 Å². The third-order valence-electron chi connectivity index (χ3n) is 4.92. The first-order valence-electron chi connectivity index (χ1n) is 9.25. The SMILES string of the molecule is C=CCCC(C(Cc1ccc(OC)cc1)Cc1ccc(OC)cc1)S(N)(=O)=O. The maximum absolute atomic E-state index is 12.4. The molecule has 0 saturated heterocycles. The second kappa shape index (κ2) is 10.3. The monoisotopic (exact) mass is 403 g/mol. The zero-order valence-corrected chi connectivity index (χ0v) is 17.3. The van der Waals surface area contributed by atoms with Crippen LogP contribution in [0.1, 0.15) is 24.0 Å². The Kier molecular flexibility index (Phi) is 8.08. The summed E-state index contributed by atoms with van der Waals surface area (Å²) in [7, 11) is -0.462. The van der Waals surface area contributed by atoms with E-state index < -0.39 is 15.3 Å². The summed E-state index contributed by atoms with van der Waals surface area (Å²) in [5.41, 5.74) is 2.10. The molecule has 2 aromatic carbocycles. The number of benzene rings is 2. The molecule has 1 atom stereocenters. The minimum atomic E-state index is -3.70. The molecule has 0 aliphatic heterocycles. The van der Waals surface area contributed by atoms with Crippen LogP contribution in [0.3, 0.4) is 0 Å². The highest BCUT2D eigenvalue weighted by molar-refractivity contribution is 7.89. The molecule has 0 radical (unpaired) electrons. The lowest BCUT2D eigenvalue weighted by Gasteiger charge is -2.26. The summed E-state index contributed by atoms with van der Waals surface area (Å²) in [6.07, 6.45) is 4.00. The van der Waals surface area contributed by atoms with Crippen molar-refractivity contribution in [2.24, 2.45) is 11.1 Å². The van der Waals surface area contributed by atoms with E-state index in [1.54, 1.807) is 20.3 Å². The lowest BCUT2D eigenvalue weighted by atomic mass is 9.88. The number of allylic oxidation sites excluding steroid dienone is 1. The highest BCUT2D eigenvalue weighted by atomic mass is 32.2. The summed E-state index contributed by atoms with van der Waals surface area (Å²) in [4.78, 5) is 0. The third-order valence-corrected chi connectivity index (χ3v) is 6.38. The minimum Gasteiger partial charge on any atom is -0.497 e. The molecule has 6 heteroatoms. The normalized spacial score (nSPS) is 12.6. The lowest BCUT2D eigenvalue weighted by molar-refractivity contribution is 0.413. The topological polar surface area (TPSA) is 78.6 Å². The molecule has 2 rings (SSSR count). The number of sulfonamides is 1. The van der Waals surface area contributed by atoms with Crippen LogP contribution >= 0.6 is 0 Å². The minimum absolute atomic E-state index is 0.156. The molecule has 0 saturated carbocycles. The fourth-order valence-electron chi connectivity index (χ4n) is 3.41. The summed E-state index contributed by atoms with van der Waals surface area (Å²) in [6, 6.07) is 15.4. The zero-order valence-electron chi connectivity index (χ0n) is 16.5. The molecule has 152 valence electrons. The van der Waals surface area contributed by atoms with Crippen LogP contribution in [0, 0.1) is 5.92 Å². The van der Waals surface area contributed by atoms with Gasteiger partial charge in [0.25, 0.3) is 0 Å². The fourth-order valence-corrected chi connectivity index (χ4v) is 4.61. The first-order chi connectivity index (χ1) is 13.4. The molecule has 0 bridgehead atoms. The Morgan fingerprint density at radius 1 is 0.929 bits per heavy atom. The van der Waals surface area contributed by atoms with Gasteiger partial charge in [-0.15, -0.1) is 6.58 Å². The van der Waals surface area contributed by atoms with E-state index in [0.717, 1.165) is 22.6 Å². The van der Waals surface area contributed by atoms with Gasteiger partial charge in [-0.3, -0.25) is 0 Å². The second-order valence-electron chi connectivity index (χ2n) is 6.86. The Bertz CT molecular complexity index is 796. The maximum Gasteiger partial charge on any atom is 0.212 e. The van der Waals surface area contributed by atoms with Gasteiger partial charge in [-0.2, -0.15) is 0 Å². The lowest BCUT2D eigenvalue weighted by Crippen LogP contribution is -2.37. The van der Waals surface area contributed by atoms with Crippen molar-refractivity contribution in [1.29, 1.82) is 0 Å². The highest BCUT2D eigenvalue weighted by Crippen LogP contribution is 2.27. The average Bonchev–Trinajstić information content (AvgIpc) is 2.68. The number of methoxy groups -OCH3 is 2. The van der Waals surface area contributed by atoms with Crippen LogP contribution in [0.4, 0.5) is 0 Å². The first-order valence-corrected chi connectivity index (χ1v) is 10.9. The van der Waals surface area contributed by atoms with Crippen molar-refractivity contribution in [3.8, 4) is 11.5 Å².